The minimum absolute atomic E-state index is 0.0347. The number of aromatic nitrogens is 1. The highest BCUT2D eigenvalue weighted by atomic mass is 35.5. The van der Waals surface area contributed by atoms with Crippen LogP contribution in [0, 0.1) is 0 Å². The van der Waals surface area contributed by atoms with E-state index in [4.69, 9.17) is 20.9 Å². The molecule has 4 rings (SSSR count). The number of amides is 1. The first-order valence-corrected chi connectivity index (χ1v) is 8.17. The van der Waals surface area contributed by atoms with Crippen LogP contribution in [0.15, 0.2) is 28.8 Å². The molecule has 5 nitrogen and oxygen atoms in total. The number of carbonyl (C=O) groups is 1. The van der Waals surface area contributed by atoms with Crippen LogP contribution in [0.5, 0.6) is 0 Å². The van der Waals surface area contributed by atoms with Gasteiger partial charge >= 0.3 is 0 Å². The second kappa shape index (κ2) is 5.35. The second-order valence-electron chi connectivity index (χ2n) is 6.09. The number of aryl methyl sites for hydroxylation is 1. The fourth-order valence-electron chi connectivity index (χ4n) is 3.25. The number of benzene rings is 1. The first-order valence-electron chi connectivity index (χ1n) is 7.79. The van der Waals surface area contributed by atoms with Crippen LogP contribution in [0.4, 0.5) is 0 Å². The molecule has 0 unspecified atom stereocenters. The molecule has 0 radical (unpaired) electrons. The summed E-state index contributed by atoms with van der Waals surface area (Å²) in [5, 5.41) is 4.69. The van der Waals surface area contributed by atoms with E-state index in [-0.39, 0.29) is 11.4 Å². The van der Waals surface area contributed by atoms with E-state index in [0.717, 1.165) is 18.5 Å². The van der Waals surface area contributed by atoms with E-state index in [0.29, 0.717) is 41.7 Å². The molecule has 2 aliphatic heterocycles. The molecule has 2 aromatic rings. The van der Waals surface area contributed by atoms with Crippen molar-refractivity contribution in [2.24, 2.45) is 0 Å². The summed E-state index contributed by atoms with van der Waals surface area (Å²) in [6.45, 7) is 3.93. The van der Waals surface area contributed by atoms with Gasteiger partial charge in [-0.3, -0.25) is 4.79 Å². The number of likely N-dealkylation sites (tertiary alicyclic amines) is 1. The van der Waals surface area contributed by atoms with Crippen molar-refractivity contribution in [3.63, 3.8) is 0 Å². The molecule has 0 saturated carbocycles. The van der Waals surface area contributed by atoms with Gasteiger partial charge in [0, 0.05) is 18.5 Å². The van der Waals surface area contributed by atoms with Gasteiger partial charge in [-0.05, 0) is 12.5 Å². The summed E-state index contributed by atoms with van der Waals surface area (Å²) < 4.78 is 10.7. The predicted molar refractivity (Wildman–Crippen MR) is 85.5 cm³/mol. The molecular weight excluding hydrogens is 316 g/mol. The standard InChI is InChI=1S/C17H17ClN2O3/c1-2-13-14(16(21)20-8-7-17(20)9-22-10-17)15(19-23-13)11-5-3-4-6-12(11)18/h3-6H,2,7-10H2,1H3. The van der Waals surface area contributed by atoms with Gasteiger partial charge in [0.1, 0.15) is 17.0 Å². The fraction of sp³-hybridized carbons (Fsp3) is 0.412. The molecule has 2 aliphatic rings. The highest BCUT2D eigenvalue weighted by Gasteiger charge is 2.53. The Kier molecular flexibility index (Phi) is 3.43. The van der Waals surface area contributed by atoms with Gasteiger partial charge in [-0.2, -0.15) is 0 Å². The highest BCUT2D eigenvalue weighted by Crippen LogP contribution is 2.40. The quantitative estimate of drug-likeness (QED) is 0.866. The van der Waals surface area contributed by atoms with Crippen LogP contribution in [-0.4, -0.2) is 41.3 Å². The van der Waals surface area contributed by atoms with E-state index < -0.39 is 0 Å². The molecule has 0 atom stereocenters. The zero-order chi connectivity index (χ0) is 16.0. The summed E-state index contributed by atoms with van der Waals surface area (Å²) in [4.78, 5) is 15.0. The second-order valence-corrected chi connectivity index (χ2v) is 6.49. The van der Waals surface area contributed by atoms with Crippen molar-refractivity contribution < 1.29 is 14.1 Å². The molecule has 3 heterocycles. The molecule has 1 spiro atoms. The lowest BCUT2D eigenvalue weighted by Crippen LogP contribution is -2.72. The molecule has 0 aliphatic carbocycles. The lowest BCUT2D eigenvalue weighted by atomic mass is 9.82. The number of nitrogens with zero attached hydrogens (tertiary/aromatic N) is 2. The van der Waals surface area contributed by atoms with Crippen LogP contribution in [-0.2, 0) is 11.2 Å². The molecule has 0 bridgehead atoms. The summed E-state index contributed by atoms with van der Waals surface area (Å²) in [5.74, 6) is 0.569. The van der Waals surface area contributed by atoms with Crippen LogP contribution >= 0.6 is 11.6 Å². The van der Waals surface area contributed by atoms with Crippen molar-refractivity contribution >= 4 is 17.5 Å². The van der Waals surface area contributed by atoms with Crippen molar-refractivity contribution in [1.29, 1.82) is 0 Å². The molecule has 0 N–H and O–H groups in total. The number of ether oxygens (including phenoxy) is 1. The number of halogens is 1. The Bertz CT molecular complexity index is 761. The van der Waals surface area contributed by atoms with Gasteiger partial charge in [0.05, 0.1) is 23.8 Å². The van der Waals surface area contributed by atoms with Crippen LogP contribution in [0.3, 0.4) is 0 Å². The summed E-state index contributed by atoms with van der Waals surface area (Å²) in [6, 6.07) is 7.37. The third kappa shape index (κ3) is 2.11. The lowest BCUT2D eigenvalue weighted by molar-refractivity contribution is -0.172. The monoisotopic (exact) mass is 332 g/mol. The van der Waals surface area contributed by atoms with Gasteiger partial charge in [-0.1, -0.05) is 41.9 Å². The Hall–Kier alpha value is -1.85. The average molecular weight is 333 g/mol. The van der Waals surface area contributed by atoms with E-state index in [1.165, 1.54) is 0 Å². The summed E-state index contributed by atoms with van der Waals surface area (Å²) in [6.07, 6.45) is 1.60. The summed E-state index contributed by atoms with van der Waals surface area (Å²) in [7, 11) is 0. The van der Waals surface area contributed by atoms with Crippen molar-refractivity contribution in [2.75, 3.05) is 19.8 Å². The molecule has 2 saturated heterocycles. The molecule has 6 heteroatoms. The molecular formula is C17H17ClN2O3. The van der Waals surface area contributed by atoms with Crippen molar-refractivity contribution in [3.05, 3.63) is 40.6 Å². The van der Waals surface area contributed by atoms with E-state index >= 15 is 0 Å². The molecule has 2 fully saturated rings. The molecule has 120 valence electrons. The van der Waals surface area contributed by atoms with Gasteiger partial charge < -0.3 is 14.2 Å². The summed E-state index contributed by atoms with van der Waals surface area (Å²) in [5.41, 5.74) is 1.67. The zero-order valence-corrected chi connectivity index (χ0v) is 13.6. The smallest absolute Gasteiger partial charge is 0.260 e. The number of carbonyl (C=O) groups excluding carboxylic acids is 1. The Morgan fingerprint density at radius 3 is 2.74 bits per heavy atom. The first kappa shape index (κ1) is 14.7. The maximum atomic E-state index is 13.1. The highest BCUT2D eigenvalue weighted by molar-refractivity contribution is 6.33. The predicted octanol–water partition coefficient (Wildman–Crippen LogP) is 3.17. The lowest BCUT2D eigenvalue weighted by Gasteiger charge is -2.57. The maximum absolute atomic E-state index is 13.1. The maximum Gasteiger partial charge on any atom is 0.260 e. The summed E-state index contributed by atoms with van der Waals surface area (Å²) >= 11 is 6.28. The van der Waals surface area contributed by atoms with Gasteiger partial charge in [0.15, 0.2) is 0 Å². The first-order chi connectivity index (χ1) is 11.2. The number of rotatable bonds is 3. The third-order valence-electron chi connectivity index (χ3n) is 4.79. The Balaban J connectivity index is 1.77. The Morgan fingerprint density at radius 1 is 1.39 bits per heavy atom. The van der Waals surface area contributed by atoms with E-state index in [9.17, 15) is 4.79 Å². The topological polar surface area (TPSA) is 55.6 Å². The van der Waals surface area contributed by atoms with Crippen molar-refractivity contribution in [1.82, 2.24) is 10.1 Å². The largest absolute Gasteiger partial charge is 0.376 e. The Morgan fingerprint density at radius 2 is 2.17 bits per heavy atom. The van der Waals surface area contributed by atoms with Crippen LogP contribution < -0.4 is 0 Å². The van der Waals surface area contributed by atoms with Crippen LogP contribution in [0.2, 0.25) is 5.02 Å². The minimum Gasteiger partial charge on any atom is -0.376 e. The Labute approximate surface area is 139 Å². The van der Waals surface area contributed by atoms with Gasteiger partial charge in [-0.25, -0.2) is 0 Å². The van der Waals surface area contributed by atoms with Gasteiger partial charge in [-0.15, -0.1) is 0 Å². The molecule has 23 heavy (non-hydrogen) atoms. The molecule has 1 aromatic carbocycles. The van der Waals surface area contributed by atoms with Crippen molar-refractivity contribution in [3.8, 4) is 11.3 Å². The molecule has 1 amide bonds. The van der Waals surface area contributed by atoms with Gasteiger partial charge in [0.25, 0.3) is 5.91 Å². The van der Waals surface area contributed by atoms with E-state index in [1.807, 2.05) is 30.0 Å². The minimum atomic E-state index is -0.114. The third-order valence-corrected chi connectivity index (χ3v) is 5.12. The average Bonchev–Trinajstić information content (AvgIpc) is 2.88. The van der Waals surface area contributed by atoms with Crippen LogP contribution in [0.1, 0.15) is 29.5 Å². The number of hydrogen-bond donors (Lipinski definition) is 0. The normalized spacial score (nSPS) is 18.6. The zero-order valence-electron chi connectivity index (χ0n) is 12.8. The SMILES string of the molecule is CCc1onc(-c2ccccc2Cl)c1C(=O)N1CCC12COC2. The van der Waals surface area contributed by atoms with Crippen molar-refractivity contribution in [2.45, 2.75) is 25.3 Å². The molecule has 1 aromatic heterocycles. The van der Waals surface area contributed by atoms with Crippen LogP contribution in [0.25, 0.3) is 11.3 Å². The number of hydrogen-bond acceptors (Lipinski definition) is 4. The fourth-order valence-corrected chi connectivity index (χ4v) is 3.48. The van der Waals surface area contributed by atoms with E-state index in [1.54, 1.807) is 6.07 Å². The van der Waals surface area contributed by atoms with E-state index in [2.05, 4.69) is 5.16 Å². The van der Waals surface area contributed by atoms with Gasteiger partial charge in [0.2, 0.25) is 0 Å².